The Bertz CT molecular complexity index is 831. The first-order valence-electron chi connectivity index (χ1n) is 11.9. The lowest BCUT2D eigenvalue weighted by molar-refractivity contribution is -0.00523. The van der Waals surface area contributed by atoms with Crippen LogP contribution in [0.15, 0.2) is 18.2 Å². The van der Waals surface area contributed by atoms with E-state index in [1.54, 1.807) is 26.8 Å². The van der Waals surface area contributed by atoms with E-state index in [4.69, 9.17) is 4.74 Å². The molecule has 1 aromatic carbocycles. The first-order valence-corrected chi connectivity index (χ1v) is 13.5. The van der Waals surface area contributed by atoms with Crippen LogP contribution in [0.2, 0.25) is 0 Å². The van der Waals surface area contributed by atoms with Gasteiger partial charge in [0.2, 0.25) is 0 Å². The number of ether oxygens (including phenoxy) is 1. The van der Waals surface area contributed by atoms with Gasteiger partial charge >= 0.3 is 0 Å². The Morgan fingerprint density at radius 2 is 1.61 bits per heavy atom. The minimum atomic E-state index is -3.06. The molecule has 1 aromatic rings. The summed E-state index contributed by atoms with van der Waals surface area (Å²) in [6.07, 6.45) is 6.06. The molecule has 6 heteroatoms. The normalized spacial score (nSPS) is 28.0. The smallest absolute Gasteiger partial charge is 0.155 e. The molecule has 0 unspecified atom stereocenters. The van der Waals surface area contributed by atoms with Crippen LogP contribution >= 0.6 is 0 Å². The lowest BCUT2D eigenvalue weighted by atomic mass is 9.80. The molecule has 31 heavy (non-hydrogen) atoms. The van der Waals surface area contributed by atoms with Gasteiger partial charge in [-0.15, -0.1) is 0 Å². The Morgan fingerprint density at radius 1 is 1.03 bits per heavy atom. The Morgan fingerprint density at radius 3 is 2.16 bits per heavy atom. The van der Waals surface area contributed by atoms with Gasteiger partial charge in [0.1, 0.15) is 5.82 Å². The van der Waals surface area contributed by atoms with E-state index in [0.717, 1.165) is 62.9 Å². The largest absolute Gasteiger partial charge is 0.372 e. The van der Waals surface area contributed by atoms with E-state index in [0.29, 0.717) is 11.7 Å². The van der Waals surface area contributed by atoms with Gasteiger partial charge in [-0.25, -0.2) is 12.8 Å². The van der Waals surface area contributed by atoms with Crippen LogP contribution in [0.4, 0.5) is 10.1 Å². The summed E-state index contributed by atoms with van der Waals surface area (Å²) in [6, 6.07) is 5.66. The second kappa shape index (κ2) is 9.78. The average molecular weight is 454 g/mol. The third kappa shape index (κ3) is 6.44. The highest BCUT2D eigenvalue weighted by Crippen LogP contribution is 2.34. The van der Waals surface area contributed by atoms with Gasteiger partial charge < -0.3 is 9.64 Å². The Kier molecular flexibility index (Phi) is 7.73. The first-order chi connectivity index (χ1) is 14.4. The molecule has 1 heterocycles. The fourth-order valence-corrected chi connectivity index (χ4v) is 6.39. The van der Waals surface area contributed by atoms with Crippen LogP contribution in [0.5, 0.6) is 0 Å². The zero-order chi connectivity index (χ0) is 22.8. The minimum absolute atomic E-state index is 0.116. The molecular weight excluding hydrogens is 413 g/mol. The Hall–Kier alpha value is -1.14. The van der Waals surface area contributed by atoms with Gasteiger partial charge in [0, 0.05) is 18.8 Å². The van der Waals surface area contributed by atoms with Crippen molar-refractivity contribution in [3.05, 3.63) is 29.6 Å². The van der Waals surface area contributed by atoms with Gasteiger partial charge in [0.25, 0.3) is 0 Å². The van der Waals surface area contributed by atoms with Crippen LogP contribution in [0.3, 0.4) is 0 Å². The van der Waals surface area contributed by atoms with Gasteiger partial charge in [-0.3, -0.25) is 0 Å². The SMILES string of the molecule is C[C@@H]1CN(c2ccc(CCC3CCC(CS(=O)(=O)C(C)(C)C)CC3)c(F)c2)C[C@H](C)O1. The monoisotopic (exact) mass is 453 g/mol. The topological polar surface area (TPSA) is 46.6 Å². The predicted molar refractivity (Wildman–Crippen MR) is 126 cm³/mol. The van der Waals surface area contributed by atoms with Crippen molar-refractivity contribution in [2.24, 2.45) is 11.8 Å². The highest BCUT2D eigenvalue weighted by atomic mass is 32.2. The van der Waals surface area contributed by atoms with Crippen LogP contribution in [-0.2, 0) is 21.0 Å². The van der Waals surface area contributed by atoms with Gasteiger partial charge in [0.15, 0.2) is 9.84 Å². The zero-order valence-corrected chi connectivity index (χ0v) is 20.7. The molecule has 0 bridgehead atoms. The molecule has 0 radical (unpaired) electrons. The number of halogens is 1. The molecule has 0 spiro atoms. The summed E-state index contributed by atoms with van der Waals surface area (Å²) in [7, 11) is -3.06. The molecule has 4 nitrogen and oxygen atoms in total. The number of anilines is 1. The maximum absolute atomic E-state index is 14.8. The standard InChI is InChI=1S/C25H40FNO3S/c1-18-15-27(16-19(2)30-18)23-13-12-22(24(26)14-23)11-10-20-6-8-21(9-7-20)17-31(28,29)25(3,4)5/h12-14,18-21H,6-11,15-17H2,1-5H3/t18-,19+,20?,21?. The Balaban J connectivity index is 1.49. The minimum Gasteiger partial charge on any atom is -0.372 e. The number of aryl methyl sites for hydroxylation is 1. The highest BCUT2D eigenvalue weighted by Gasteiger charge is 2.33. The summed E-state index contributed by atoms with van der Waals surface area (Å²) in [4.78, 5) is 2.21. The molecule has 1 aliphatic heterocycles. The highest BCUT2D eigenvalue weighted by molar-refractivity contribution is 7.92. The number of hydrogen-bond donors (Lipinski definition) is 0. The number of hydrogen-bond acceptors (Lipinski definition) is 4. The van der Waals surface area contributed by atoms with Gasteiger partial charge in [-0.05, 0) is 89.8 Å². The van der Waals surface area contributed by atoms with Crippen molar-refractivity contribution in [1.29, 1.82) is 0 Å². The molecule has 2 atom stereocenters. The molecular formula is C25H40FNO3S. The fourth-order valence-electron chi connectivity index (χ4n) is 4.93. The van der Waals surface area contributed by atoms with Crippen molar-refractivity contribution in [2.45, 2.75) is 90.1 Å². The third-order valence-corrected chi connectivity index (χ3v) is 9.77. The molecule has 2 fully saturated rings. The molecule has 1 aliphatic carbocycles. The zero-order valence-electron chi connectivity index (χ0n) is 19.9. The van der Waals surface area contributed by atoms with Crippen molar-refractivity contribution in [3.63, 3.8) is 0 Å². The van der Waals surface area contributed by atoms with Crippen LogP contribution in [0, 0.1) is 17.7 Å². The quantitative estimate of drug-likeness (QED) is 0.579. The van der Waals surface area contributed by atoms with E-state index in [-0.39, 0.29) is 23.9 Å². The maximum Gasteiger partial charge on any atom is 0.155 e. The molecule has 1 saturated carbocycles. The van der Waals surface area contributed by atoms with E-state index in [1.807, 2.05) is 12.1 Å². The third-order valence-electron chi connectivity index (χ3n) is 7.00. The van der Waals surface area contributed by atoms with Crippen molar-refractivity contribution < 1.29 is 17.5 Å². The van der Waals surface area contributed by atoms with Gasteiger partial charge in [-0.1, -0.05) is 18.9 Å². The van der Waals surface area contributed by atoms with Crippen LogP contribution < -0.4 is 4.90 Å². The lowest BCUT2D eigenvalue weighted by Gasteiger charge is -2.37. The van der Waals surface area contributed by atoms with Gasteiger partial charge in [0.05, 0.1) is 22.7 Å². The fraction of sp³-hybridized carbons (Fsp3) is 0.760. The van der Waals surface area contributed by atoms with E-state index in [9.17, 15) is 12.8 Å². The van der Waals surface area contributed by atoms with Crippen molar-refractivity contribution in [1.82, 2.24) is 0 Å². The van der Waals surface area contributed by atoms with Crippen LogP contribution in [-0.4, -0.2) is 44.2 Å². The summed E-state index contributed by atoms with van der Waals surface area (Å²) >= 11 is 0. The van der Waals surface area contributed by atoms with Crippen molar-refractivity contribution in [2.75, 3.05) is 23.7 Å². The molecule has 0 aromatic heterocycles. The van der Waals surface area contributed by atoms with Crippen LogP contribution in [0.25, 0.3) is 0 Å². The molecule has 176 valence electrons. The average Bonchev–Trinajstić information content (AvgIpc) is 2.66. The maximum atomic E-state index is 14.8. The second-order valence-electron chi connectivity index (χ2n) is 10.8. The number of sulfone groups is 1. The Labute approximate surface area is 188 Å². The van der Waals surface area contributed by atoms with Crippen molar-refractivity contribution in [3.8, 4) is 0 Å². The summed E-state index contributed by atoms with van der Waals surface area (Å²) in [6.45, 7) is 11.0. The van der Waals surface area contributed by atoms with E-state index >= 15 is 0 Å². The number of nitrogens with zero attached hydrogens (tertiary/aromatic N) is 1. The molecule has 0 amide bonds. The summed E-state index contributed by atoms with van der Waals surface area (Å²) in [5, 5.41) is 0. The summed E-state index contributed by atoms with van der Waals surface area (Å²) < 4.78 is 44.8. The van der Waals surface area contributed by atoms with Crippen LogP contribution in [0.1, 0.15) is 72.3 Å². The summed E-state index contributed by atoms with van der Waals surface area (Å²) in [5.41, 5.74) is 1.72. The number of rotatable bonds is 6. The van der Waals surface area contributed by atoms with Crippen molar-refractivity contribution >= 4 is 15.5 Å². The van der Waals surface area contributed by atoms with E-state index in [2.05, 4.69) is 18.7 Å². The second-order valence-corrected chi connectivity index (χ2v) is 13.5. The molecule has 3 rings (SSSR count). The molecule has 2 aliphatic rings. The number of benzene rings is 1. The summed E-state index contributed by atoms with van der Waals surface area (Å²) in [5.74, 6) is 1.02. The lowest BCUT2D eigenvalue weighted by Crippen LogP contribution is -2.45. The molecule has 0 N–H and O–H groups in total. The first kappa shape index (κ1) is 24.5. The molecule has 1 saturated heterocycles. The predicted octanol–water partition coefficient (Wildman–Crippen LogP) is 5.39. The van der Waals surface area contributed by atoms with E-state index in [1.165, 1.54) is 0 Å². The number of morpholine rings is 1. The van der Waals surface area contributed by atoms with Gasteiger partial charge in [-0.2, -0.15) is 0 Å². The van der Waals surface area contributed by atoms with E-state index < -0.39 is 14.6 Å².